The molecule has 6 nitrogen and oxygen atoms in total. The van der Waals surface area contributed by atoms with Gasteiger partial charge in [0.15, 0.2) is 17.5 Å². The number of phenols is 1. The SMILES string of the molecule is CCNC(=NCc1ccc(O)c(OCC)c1)NCc1ccccc1OC(F)F. The first-order valence-electron chi connectivity index (χ1n) is 9.03. The number of para-hydroxylation sites is 1. The maximum absolute atomic E-state index is 12.5. The molecule has 0 unspecified atom stereocenters. The van der Waals surface area contributed by atoms with Gasteiger partial charge in [-0.25, -0.2) is 4.99 Å². The van der Waals surface area contributed by atoms with Crippen LogP contribution < -0.4 is 20.1 Å². The molecule has 0 atom stereocenters. The molecule has 0 aliphatic carbocycles. The summed E-state index contributed by atoms with van der Waals surface area (Å²) >= 11 is 0. The molecule has 2 aromatic rings. The number of halogens is 2. The molecule has 152 valence electrons. The highest BCUT2D eigenvalue weighted by atomic mass is 19.3. The van der Waals surface area contributed by atoms with E-state index in [0.717, 1.165) is 5.56 Å². The number of alkyl halides is 2. The van der Waals surface area contributed by atoms with Crippen LogP contribution in [0.3, 0.4) is 0 Å². The van der Waals surface area contributed by atoms with E-state index in [0.29, 0.717) is 37.0 Å². The number of phenolic OH excluding ortho intramolecular Hbond substituents is 1. The summed E-state index contributed by atoms with van der Waals surface area (Å²) in [5, 5.41) is 16.0. The number of nitrogens with one attached hydrogen (secondary N) is 2. The second-order valence-electron chi connectivity index (χ2n) is 5.77. The lowest BCUT2D eigenvalue weighted by Crippen LogP contribution is -2.36. The molecule has 0 aliphatic rings. The minimum absolute atomic E-state index is 0.0789. The Morgan fingerprint density at radius 2 is 1.89 bits per heavy atom. The first kappa shape index (κ1) is 21.3. The van der Waals surface area contributed by atoms with Gasteiger partial charge in [-0.15, -0.1) is 0 Å². The zero-order valence-electron chi connectivity index (χ0n) is 15.9. The molecule has 0 aromatic heterocycles. The third-order valence-corrected chi connectivity index (χ3v) is 3.72. The largest absolute Gasteiger partial charge is 0.504 e. The monoisotopic (exact) mass is 393 g/mol. The maximum atomic E-state index is 12.5. The first-order valence-corrected chi connectivity index (χ1v) is 9.03. The highest BCUT2D eigenvalue weighted by Gasteiger charge is 2.10. The van der Waals surface area contributed by atoms with Crippen LogP contribution in [0.15, 0.2) is 47.5 Å². The van der Waals surface area contributed by atoms with Crippen LogP contribution in [0.25, 0.3) is 0 Å². The molecule has 2 aromatic carbocycles. The quantitative estimate of drug-likeness (QED) is 0.448. The van der Waals surface area contributed by atoms with E-state index >= 15 is 0 Å². The van der Waals surface area contributed by atoms with E-state index in [4.69, 9.17) is 4.74 Å². The van der Waals surface area contributed by atoms with E-state index in [1.807, 2.05) is 13.8 Å². The Morgan fingerprint density at radius 3 is 2.61 bits per heavy atom. The van der Waals surface area contributed by atoms with Crippen molar-refractivity contribution in [1.29, 1.82) is 0 Å². The second-order valence-corrected chi connectivity index (χ2v) is 5.77. The summed E-state index contributed by atoms with van der Waals surface area (Å²) in [7, 11) is 0. The van der Waals surface area contributed by atoms with Crippen LogP contribution in [0.4, 0.5) is 8.78 Å². The van der Waals surface area contributed by atoms with Crippen LogP contribution >= 0.6 is 0 Å². The lowest BCUT2D eigenvalue weighted by Gasteiger charge is -2.14. The van der Waals surface area contributed by atoms with Crippen molar-refractivity contribution in [3.05, 3.63) is 53.6 Å². The summed E-state index contributed by atoms with van der Waals surface area (Å²) in [6, 6.07) is 11.7. The Bertz CT molecular complexity index is 785. The van der Waals surface area contributed by atoms with Gasteiger partial charge in [-0.2, -0.15) is 8.78 Å². The fraction of sp³-hybridized carbons (Fsp3) is 0.350. The molecule has 2 rings (SSSR count). The first-order chi connectivity index (χ1) is 13.5. The molecular formula is C20H25F2N3O3. The van der Waals surface area contributed by atoms with Crippen molar-refractivity contribution in [2.75, 3.05) is 13.2 Å². The summed E-state index contributed by atoms with van der Waals surface area (Å²) in [6.45, 7) is 2.61. The Morgan fingerprint density at radius 1 is 1.11 bits per heavy atom. The second kappa shape index (κ2) is 11.0. The molecule has 0 heterocycles. The third-order valence-electron chi connectivity index (χ3n) is 3.72. The lowest BCUT2D eigenvalue weighted by molar-refractivity contribution is -0.0504. The molecule has 0 saturated carbocycles. The van der Waals surface area contributed by atoms with Crippen molar-refractivity contribution in [3.8, 4) is 17.2 Å². The Kier molecular flexibility index (Phi) is 8.33. The van der Waals surface area contributed by atoms with Crippen molar-refractivity contribution < 1.29 is 23.4 Å². The molecule has 28 heavy (non-hydrogen) atoms. The van der Waals surface area contributed by atoms with Gasteiger partial charge in [-0.3, -0.25) is 0 Å². The molecule has 8 heteroatoms. The van der Waals surface area contributed by atoms with Crippen LogP contribution in [-0.4, -0.2) is 30.8 Å². The smallest absolute Gasteiger partial charge is 0.387 e. The number of hydrogen-bond donors (Lipinski definition) is 3. The molecule has 0 bridgehead atoms. The van der Waals surface area contributed by atoms with E-state index in [2.05, 4.69) is 20.4 Å². The van der Waals surface area contributed by atoms with Crippen molar-refractivity contribution in [2.45, 2.75) is 33.5 Å². The number of aliphatic imine (C=N–C) groups is 1. The topological polar surface area (TPSA) is 75.1 Å². The zero-order valence-corrected chi connectivity index (χ0v) is 15.9. The average Bonchev–Trinajstić information content (AvgIpc) is 2.67. The molecular weight excluding hydrogens is 368 g/mol. The average molecular weight is 393 g/mol. The highest BCUT2D eigenvalue weighted by molar-refractivity contribution is 5.79. The summed E-state index contributed by atoms with van der Waals surface area (Å²) in [5.41, 5.74) is 1.46. The molecule has 0 aliphatic heterocycles. The van der Waals surface area contributed by atoms with E-state index in [1.165, 1.54) is 6.07 Å². The predicted molar refractivity (Wildman–Crippen MR) is 104 cm³/mol. The van der Waals surface area contributed by atoms with Gasteiger partial charge in [0, 0.05) is 18.7 Å². The molecule has 0 radical (unpaired) electrons. The number of aromatic hydroxyl groups is 1. The standard InChI is InChI=1S/C20H25F2N3O3/c1-3-23-20(24-12-14-9-10-16(26)18(11-14)27-4-2)25-13-15-7-5-6-8-17(15)28-19(21)22/h5-11,19,26H,3-4,12-13H2,1-2H3,(H2,23,24,25). The Hall–Kier alpha value is -3.03. The highest BCUT2D eigenvalue weighted by Crippen LogP contribution is 2.27. The number of benzene rings is 2. The van der Waals surface area contributed by atoms with E-state index in [9.17, 15) is 13.9 Å². The van der Waals surface area contributed by atoms with Gasteiger partial charge in [0.25, 0.3) is 0 Å². The molecule has 0 spiro atoms. The van der Waals surface area contributed by atoms with Crippen LogP contribution in [0.1, 0.15) is 25.0 Å². The van der Waals surface area contributed by atoms with Crippen molar-refractivity contribution in [2.24, 2.45) is 4.99 Å². The van der Waals surface area contributed by atoms with Crippen LogP contribution in [0, 0.1) is 0 Å². The number of ether oxygens (including phenoxy) is 2. The number of guanidine groups is 1. The van der Waals surface area contributed by atoms with Gasteiger partial charge >= 0.3 is 6.61 Å². The van der Waals surface area contributed by atoms with Crippen molar-refractivity contribution in [3.63, 3.8) is 0 Å². The number of rotatable bonds is 9. The van der Waals surface area contributed by atoms with E-state index in [-0.39, 0.29) is 18.0 Å². The fourth-order valence-corrected chi connectivity index (χ4v) is 2.48. The Balaban J connectivity index is 2.06. The summed E-state index contributed by atoms with van der Waals surface area (Å²) in [5.74, 6) is 1.14. The summed E-state index contributed by atoms with van der Waals surface area (Å²) in [6.07, 6.45) is 0. The minimum atomic E-state index is -2.88. The predicted octanol–water partition coefficient (Wildman–Crippen LogP) is 3.65. The van der Waals surface area contributed by atoms with Crippen molar-refractivity contribution in [1.82, 2.24) is 10.6 Å². The minimum Gasteiger partial charge on any atom is -0.504 e. The fourth-order valence-electron chi connectivity index (χ4n) is 2.48. The number of nitrogens with zero attached hydrogens (tertiary/aromatic N) is 1. The van der Waals surface area contributed by atoms with E-state index in [1.54, 1.807) is 36.4 Å². The molecule has 0 amide bonds. The van der Waals surface area contributed by atoms with Crippen LogP contribution in [0.2, 0.25) is 0 Å². The third kappa shape index (κ3) is 6.61. The lowest BCUT2D eigenvalue weighted by atomic mass is 10.2. The van der Waals surface area contributed by atoms with Crippen LogP contribution in [-0.2, 0) is 13.1 Å². The number of hydrogen-bond acceptors (Lipinski definition) is 4. The van der Waals surface area contributed by atoms with E-state index < -0.39 is 6.61 Å². The molecule has 0 saturated heterocycles. The maximum Gasteiger partial charge on any atom is 0.387 e. The summed E-state index contributed by atoms with van der Waals surface area (Å²) < 4.78 is 35.0. The van der Waals surface area contributed by atoms with Gasteiger partial charge in [-0.1, -0.05) is 24.3 Å². The van der Waals surface area contributed by atoms with Crippen molar-refractivity contribution >= 4 is 5.96 Å². The van der Waals surface area contributed by atoms with Gasteiger partial charge in [0.05, 0.1) is 13.2 Å². The molecule has 0 fully saturated rings. The van der Waals surface area contributed by atoms with Gasteiger partial charge in [-0.05, 0) is 37.6 Å². The van der Waals surface area contributed by atoms with Gasteiger partial charge < -0.3 is 25.2 Å². The van der Waals surface area contributed by atoms with Crippen LogP contribution in [0.5, 0.6) is 17.2 Å². The molecule has 3 N–H and O–H groups in total. The summed E-state index contributed by atoms with van der Waals surface area (Å²) in [4.78, 5) is 4.49. The Labute approximate surface area is 163 Å². The van der Waals surface area contributed by atoms with Gasteiger partial charge in [0.1, 0.15) is 5.75 Å². The van der Waals surface area contributed by atoms with Gasteiger partial charge in [0.2, 0.25) is 0 Å². The normalized spacial score (nSPS) is 11.4. The zero-order chi connectivity index (χ0) is 20.4.